The van der Waals surface area contributed by atoms with Gasteiger partial charge in [0.1, 0.15) is 28.7 Å². The summed E-state index contributed by atoms with van der Waals surface area (Å²) in [6.45, 7) is 1.45. The van der Waals surface area contributed by atoms with Crippen LogP contribution in [0.25, 0.3) is 17.2 Å². The van der Waals surface area contributed by atoms with Crippen molar-refractivity contribution in [2.45, 2.75) is 18.6 Å². The summed E-state index contributed by atoms with van der Waals surface area (Å²) in [7, 11) is 0.248. The summed E-state index contributed by atoms with van der Waals surface area (Å²) >= 11 is 0. The van der Waals surface area contributed by atoms with Crippen LogP contribution in [0.4, 0.5) is 15.1 Å². The first-order valence-electron chi connectivity index (χ1n) is 11.1. The first-order valence-corrected chi connectivity index (χ1v) is 12.7. The first-order chi connectivity index (χ1) is 18.2. The molecule has 3 heterocycles. The van der Waals surface area contributed by atoms with E-state index in [9.17, 15) is 17.6 Å². The molecule has 4 rings (SSSR count). The fourth-order valence-electron chi connectivity index (χ4n) is 3.49. The van der Waals surface area contributed by atoms with Gasteiger partial charge in [0.15, 0.2) is 11.6 Å². The van der Waals surface area contributed by atoms with Crippen LogP contribution in [-0.2, 0) is 16.4 Å². The van der Waals surface area contributed by atoms with Crippen LogP contribution in [0.1, 0.15) is 12.7 Å². The molecule has 0 aliphatic carbocycles. The summed E-state index contributed by atoms with van der Waals surface area (Å²) in [5, 5.41) is 13.9. The van der Waals surface area contributed by atoms with Gasteiger partial charge < -0.3 is 14.8 Å². The van der Waals surface area contributed by atoms with E-state index in [1.807, 2.05) is 0 Å². The molecule has 3 aromatic heterocycles. The third kappa shape index (κ3) is 5.24. The average molecular weight is 546 g/mol. The number of anilines is 1. The average Bonchev–Trinajstić information content (AvgIpc) is 3.56. The maximum absolute atomic E-state index is 13.3. The van der Waals surface area contributed by atoms with Crippen molar-refractivity contribution in [1.29, 1.82) is 0 Å². The predicted octanol–water partition coefficient (Wildman–Crippen LogP) is 1.64. The van der Waals surface area contributed by atoms with E-state index in [1.165, 1.54) is 45.0 Å². The number of hydrogen-bond donors (Lipinski definition) is 2. The molecule has 0 aliphatic heterocycles. The van der Waals surface area contributed by atoms with Crippen LogP contribution < -0.4 is 19.5 Å². The number of amides is 1. The number of aromatic nitrogens is 7. The van der Waals surface area contributed by atoms with Crippen molar-refractivity contribution < 1.29 is 27.1 Å². The Bertz CT molecular complexity index is 1530. The lowest BCUT2D eigenvalue weighted by Crippen LogP contribution is -2.29. The Hall–Kier alpha value is -4.60. The van der Waals surface area contributed by atoms with Crippen LogP contribution in [0.15, 0.2) is 42.9 Å². The topological polar surface area (TPSA) is 168 Å². The highest BCUT2D eigenvalue weighted by Crippen LogP contribution is 2.37. The second kappa shape index (κ2) is 10.8. The number of nitrogens with zero attached hydrogens (tertiary/aromatic N) is 7. The molecule has 38 heavy (non-hydrogen) atoms. The molecule has 200 valence electrons. The zero-order valence-corrected chi connectivity index (χ0v) is 21.6. The van der Waals surface area contributed by atoms with Gasteiger partial charge in [0.2, 0.25) is 16.0 Å². The van der Waals surface area contributed by atoms with Gasteiger partial charge in [-0.1, -0.05) is 6.07 Å². The Balaban J connectivity index is 1.81. The zero-order valence-electron chi connectivity index (χ0n) is 20.8. The molecule has 2 N–H and O–H groups in total. The Morgan fingerprint density at radius 2 is 1.76 bits per heavy atom. The van der Waals surface area contributed by atoms with Gasteiger partial charge in [-0.15, -0.1) is 10.2 Å². The molecule has 0 bridgehead atoms. The van der Waals surface area contributed by atoms with E-state index < -0.39 is 27.1 Å². The van der Waals surface area contributed by atoms with Gasteiger partial charge in [-0.05, 0) is 25.1 Å². The molecule has 0 radical (unpaired) electrons. The molecule has 0 fully saturated rings. The van der Waals surface area contributed by atoms with Crippen molar-refractivity contribution in [1.82, 2.24) is 39.8 Å². The molecular formula is C22H24FN9O5S. The molecule has 14 nitrogen and oxygen atoms in total. The highest BCUT2D eigenvalue weighted by Gasteiger charge is 2.29. The van der Waals surface area contributed by atoms with E-state index in [0.717, 1.165) is 17.1 Å². The third-order valence-corrected chi connectivity index (χ3v) is 7.13. The summed E-state index contributed by atoms with van der Waals surface area (Å²) in [6, 6.07) is 6.02. The highest BCUT2D eigenvalue weighted by atomic mass is 32.2. The number of methoxy groups -OCH3 is 2. The van der Waals surface area contributed by atoms with Crippen LogP contribution in [0.3, 0.4) is 0 Å². The molecule has 1 amide bonds. The number of carbonyl (C=O) groups excluding carboxylic acids is 1. The lowest BCUT2D eigenvalue weighted by Gasteiger charge is -2.18. The minimum atomic E-state index is -4.09. The molecule has 4 aromatic rings. The normalized spacial score (nSPS) is 12.1. The Morgan fingerprint density at radius 3 is 2.37 bits per heavy atom. The molecule has 0 aliphatic rings. The third-order valence-electron chi connectivity index (χ3n) is 5.44. The van der Waals surface area contributed by atoms with Gasteiger partial charge in [0, 0.05) is 19.7 Å². The van der Waals surface area contributed by atoms with Gasteiger partial charge >= 0.3 is 6.03 Å². The number of nitrogens with one attached hydrogen (secondary N) is 2. The molecule has 1 unspecified atom stereocenters. The Kier molecular flexibility index (Phi) is 7.52. The van der Waals surface area contributed by atoms with E-state index in [4.69, 9.17) is 9.47 Å². The van der Waals surface area contributed by atoms with Crippen LogP contribution in [0.2, 0.25) is 0 Å². The SMILES string of the molecule is CNC(=O)n1ccc(-c2nnc(NS(=O)(=O)C(C)Cc3ncc(F)cn3)n2-c2c(OC)cccc2OC)n1. The van der Waals surface area contributed by atoms with Crippen LogP contribution in [0, 0.1) is 5.82 Å². The number of rotatable bonds is 9. The van der Waals surface area contributed by atoms with Crippen molar-refractivity contribution in [3.8, 4) is 28.7 Å². The van der Waals surface area contributed by atoms with E-state index in [-0.39, 0.29) is 29.7 Å². The minimum absolute atomic E-state index is 0.0921. The molecule has 1 aromatic carbocycles. The van der Waals surface area contributed by atoms with E-state index in [2.05, 4.69) is 35.3 Å². The maximum Gasteiger partial charge on any atom is 0.341 e. The van der Waals surface area contributed by atoms with E-state index in [1.54, 1.807) is 18.2 Å². The lowest BCUT2D eigenvalue weighted by atomic mass is 10.2. The van der Waals surface area contributed by atoms with E-state index >= 15 is 0 Å². The molecule has 0 saturated carbocycles. The number of sulfonamides is 1. The number of halogens is 1. The lowest BCUT2D eigenvalue weighted by molar-refractivity contribution is 0.241. The fourth-order valence-corrected chi connectivity index (χ4v) is 4.45. The Labute approximate surface area is 216 Å². The smallest absolute Gasteiger partial charge is 0.341 e. The molecule has 0 spiro atoms. The fraction of sp³-hybridized carbons (Fsp3) is 0.273. The monoisotopic (exact) mass is 545 g/mol. The zero-order chi connectivity index (χ0) is 27.4. The van der Waals surface area contributed by atoms with Crippen molar-refractivity contribution >= 4 is 22.0 Å². The summed E-state index contributed by atoms with van der Waals surface area (Å²) in [5.74, 6) is 0.0747. The number of carbonyl (C=O) groups is 1. The van der Waals surface area contributed by atoms with Crippen LogP contribution in [0.5, 0.6) is 11.5 Å². The molecular weight excluding hydrogens is 521 g/mol. The number of ether oxygens (including phenoxy) is 2. The number of benzene rings is 1. The van der Waals surface area contributed by atoms with Gasteiger partial charge in [0.05, 0.1) is 31.9 Å². The number of para-hydroxylation sites is 1. The largest absolute Gasteiger partial charge is 0.494 e. The highest BCUT2D eigenvalue weighted by molar-refractivity contribution is 7.93. The Morgan fingerprint density at radius 1 is 1.11 bits per heavy atom. The van der Waals surface area contributed by atoms with Crippen molar-refractivity contribution in [3.63, 3.8) is 0 Å². The van der Waals surface area contributed by atoms with Gasteiger partial charge in [-0.2, -0.15) is 9.78 Å². The van der Waals surface area contributed by atoms with E-state index in [0.29, 0.717) is 17.2 Å². The number of hydrogen-bond acceptors (Lipinski definition) is 10. The van der Waals surface area contributed by atoms with Gasteiger partial charge in [0.25, 0.3) is 0 Å². The van der Waals surface area contributed by atoms with Crippen molar-refractivity contribution in [3.05, 3.63) is 54.5 Å². The standard InChI is InChI=1S/C22H24FN9O5S/c1-13(10-18-25-11-14(23)12-26-18)38(34,35)30-21-28-27-20(15-8-9-31(29-15)22(33)24-2)32(21)19-16(36-3)6-5-7-17(19)37-4/h5-9,11-13H,10H2,1-4H3,(H,24,33)(H,28,30). The maximum atomic E-state index is 13.3. The second-order valence-corrected chi connectivity index (χ2v) is 9.97. The quantitative estimate of drug-likeness (QED) is 0.315. The summed E-state index contributed by atoms with van der Waals surface area (Å²) < 4.78 is 55.6. The van der Waals surface area contributed by atoms with Gasteiger partial charge in [-0.25, -0.2) is 27.6 Å². The van der Waals surface area contributed by atoms with Crippen molar-refractivity contribution in [2.75, 3.05) is 26.0 Å². The summed E-state index contributed by atoms with van der Waals surface area (Å²) in [6.07, 6.45) is 3.25. The van der Waals surface area contributed by atoms with Gasteiger partial charge in [-0.3, -0.25) is 9.29 Å². The van der Waals surface area contributed by atoms with Crippen LogP contribution >= 0.6 is 0 Å². The van der Waals surface area contributed by atoms with Crippen molar-refractivity contribution in [2.24, 2.45) is 0 Å². The second-order valence-electron chi connectivity index (χ2n) is 7.87. The first kappa shape index (κ1) is 26.5. The molecule has 16 heteroatoms. The molecule has 0 saturated heterocycles. The minimum Gasteiger partial charge on any atom is -0.494 e. The summed E-state index contributed by atoms with van der Waals surface area (Å²) in [5.41, 5.74) is 0.506. The molecule has 1 atom stereocenters. The summed E-state index contributed by atoms with van der Waals surface area (Å²) in [4.78, 5) is 19.7. The van der Waals surface area contributed by atoms with Crippen LogP contribution in [-0.4, -0.2) is 75.5 Å². The predicted molar refractivity (Wildman–Crippen MR) is 133 cm³/mol.